The minimum atomic E-state index is -0.260. The van der Waals surface area contributed by atoms with E-state index in [9.17, 15) is 4.79 Å². The molecule has 2 rings (SSSR count). The number of aromatic nitrogens is 2. The van der Waals surface area contributed by atoms with Gasteiger partial charge in [0, 0.05) is 0 Å². The predicted octanol–water partition coefficient (Wildman–Crippen LogP) is 0.902. The zero-order chi connectivity index (χ0) is 13.8. The van der Waals surface area contributed by atoms with Crippen molar-refractivity contribution in [2.45, 2.75) is 20.4 Å². The highest BCUT2D eigenvalue weighted by Crippen LogP contribution is 2.16. The zero-order valence-electron chi connectivity index (χ0n) is 10.7. The molecule has 0 unspecified atom stereocenters. The van der Waals surface area contributed by atoms with E-state index in [0.717, 1.165) is 5.56 Å². The maximum atomic E-state index is 12.0. The van der Waals surface area contributed by atoms with Crippen molar-refractivity contribution in [3.63, 3.8) is 0 Å². The van der Waals surface area contributed by atoms with Crippen LogP contribution in [0.4, 0.5) is 5.69 Å². The van der Waals surface area contributed by atoms with Crippen molar-refractivity contribution in [2.24, 2.45) is 5.84 Å². The number of hydrazine groups is 1. The van der Waals surface area contributed by atoms with E-state index in [0.29, 0.717) is 23.0 Å². The number of rotatable bonds is 4. The number of nitrogens with one attached hydrogen (secondary N) is 2. The van der Waals surface area contributed by atoms with E-state index in [1.807, 2.05) is 13.0 Å². The van der Waals surface area contributed by atoms with Gasteiger partial charge in [-0.3, -0.25) is 10.6 Å². The summed E-state index contributed by atoms with van der Waals surface area (Å²) in [5, 5.41) is 6.33. The number of carbonyl (C=O) groups excluding carboxylic acids is 1. The van der Waals surface area contributed by atoms with Crippen LogP contribution in [-0.4, -0.2) is 16.0 Å². The van der Waals surface area contributed by atoms with Crippen LogP contribution in [-0.2, 0) is 6.54 Å². The molecule has 1 aromatic carbocycles. The second-order valence-electron chi connectivity index (χ2n) is 4.11. The molecule has 0 radical (unpaired) electrons. The molecular formula is C12H15N5O2. The zero-order valence-corrected chi connectivity index (χ0v) is 10.7. The van der Waals surface area contributed by atoms with Gasteiger partial charge >= 0.3 is 0 Å². The second-order valence-corrected chi connectivity index (χ2v) is 4.11. The van der Waals surface area contributed by atoms with E-state index in [1.54, 1.807) is 19.1 Å². The lowest BCUT2D eigenvalue weighted by atomic mass is 10.1. The molecule has 100 valence electrons. The monoisotopic (exact) mass is 261 g/mol. The summed E-state index contributed by atoms with van der Waals surface area (Å²) < 4.78 is 4.91. The van der Waals surface area contributed by atoms with E-state index in [4.69, 9.17) is 10.4 Å². The summed E-state index contributed by atoms with van der Waals surface area (Å²) in [4.78, 5) is 16.0. The van der Waals surface area contributed by atoms with Crippen LogP contribution >= 0.6 is 0 Å². The van der Waals surface area contributed by atoms with Gasteiger partial charge in [0.25, 0.3) is 5.91 Å². The van der Waals surface area contributed by atoms with Gasteiger partial charge in [-0.25, -0.2) is 0 Å². The molecule has 0 fully saturated rings. The fourth-order valence-electron chi connectivity index (χ4n) is 1.64. The minimum Gasteiger partial charge on any atom is -0.343 e. The fraction of sp³-hybridized carbons (Fsp3) is 0.250. The van der Waals surface area contributed by atoms with Crippen molar-refractivity contribution in [3.8, 4) is 0 Å². The molecule has 0 saturated heterocycles. The summed E-state index contributed by atoms with van der Waals surface area (Å²) in [6, 6.07) is 5.34. The minimum absolute atomic E-state index is 0.178. The third-order valence-corrected chi connectivity index (χ3v) is 2.55. The number of carbonyl (C=O) groups is 1. The molecule has 1 amide bonds. The number of nitrogens with two attached hydrogens (primary N) is 1. The first kappa shape index (κ1) is 13.0. The van der Waals surface area contributed by atoms with Gasteiger partial charge in [0.1, 0.15) is 0 Å². The van der Waals surface area contributed by atoms with Crippen LogP contribution in [0.3, 0.4) is 0 Å². The fourth-order valence-corrected chi connectivity index (χ4v) is 1.64. The summed E-state index contributed by atoms with van der Waals surface area (Å²) in [6.07, 6.45) is 0. The maximum absolute atomic E-state index is 12.0. The molecule has 7 nitrogen and oxygen atoms in total. The number of nitrogens with zero attached hydrogens (tertiary/aromatic N) is 2. The largest absolute Gasteiger partial charge is 0.343 e. The van der Waals surface area contributed by atoms with Gasteiger partial charge in [-0.2, -0.15) is 4.98 Å². The van der Waals surface area contributed by atoms with Crippen LogP contribution in [0.1, 0.15) is 27.6 Å². The third-order valence-electron chi connectivity index (χ3n) is 2.55. The molecule has 0 aliphatic rings. The van der Waals surface area contributed by atoms with Crippen molar-refractivity contribution >= 4 is 11.6 Å². The number of anilines is 1. The molecule has 7 heteroatoms. The molecule has 0 atom stereocenters. The van der Waals surface area contributed by atoms with Crippen molar-refractivity contribution in [1.82, 2.24) is 15.5 Å². The molecule has 0 spiro atoms. The number of amides is 1. The topological polar surface area (TPSA) is 106 Å². The smallest absolute Gasteiger partial charge is 0.253 e. The Morgan fingerprint density at radius 1 is 1.42 bits per heavy atom. The lowest BCUT2D eigenvalue weighted by molar-refractivity contribution is 0.0947. The van der Waals surface area contributed by atoms with Crippen LogP contribution < -0.4 is 16.6 Å². The highest BCUT2D eigenvalue weighted by Gasteiger charge is 2.12. The Morgan fingerprint density at radius 2 is 2.21 bits per heavy atom. The summed E-state index contributed by atoms with van der Waals surface area (Å²) in [7, 11) is 0. The first-order valence-corrected chi connectivity index (χ1v) is 5.75. The molecule has 0 aliphatic heterocycles. The molecular weight excluding hydrogens is 246 g/mol. The molecule has 19 heavy (non-hydrogen) atoms. The number of benzene rings is 1. The van der Waals surface area contributed by atoms with E-state index in [1.165, 1.54) is 0 Å². The Kier molecular flexibility index (Phi) is 3.76. The highest BCUT2D eigenvalue weighted by atomic mass is 16.5. The average Bonchev–Trinajstić information content (AvgIpc) is 2.81. The number of aryl methyl sites for hydroxylation is 2. The van der Waals surface area contributed by atoms with E-state index >= 15 is 0 Å². The Hall–Kier alpha value is -2.41. The van der Waals surface area contributed by atoms with Crippen LogP contribution in [0, 0.1) is 13.8 Å². The summed E-state index contributed by atoms with van der Waals surface area (Å²) >= 11 is 0. The van der Waals surface area contributed by atoms with Gasteiger partial charge in [-0.1, -0.05) is 11.2 Å². The Balaban J connectivity index is 2.07. The summed E-state index contributed by atoms with van der Waals surface area (Å²) in [5.74, 6) is 6.03. The van der Waals surface area contributed by atoms with Gasteiger partial charge in [0.05, 0.1) is 17.8 Å². The first-order valence-electron chi connectivity index (χ1n) is 5.75. The lowest BCUT2D eigenvalue weighted by Crippen LogP contribution is -2.25. The van der Waals surface area contributed by atoms with E-state index in [-0.39, 0.29) is 12.5 Å². The van der Waals surface area contributed by atoms with Crippen molar-refractivity contribution < 1.29 is 9.32 Å². The predicted molar refractivity (Wildman–Crippen MR) is 69.2 cm³/mol. The maximum Gasteiger partial charge on any atom is 0.253 e. The summed E-state index contributed by atoms with van der Waals surface area (Å²) in [5.41, 5.74) is 4.55. The molecule has 0 bridgehead atoms. The van der Waals surface area contributed by atoms with Gasteiger partial charge in [-0.15, -0.1) is 0 Å². The third kappa shape index (κ3) is 3.08. The van der Waals surface area contributed by atoms with Crippen LogP contribution in [0.5, 0.6) is 0 Å². The van der Waals surface area contributed by atoms with Crippen LogP contribution in [0.15, 0.2) is 22.7 Å². The summed E-state index contributed by atoms with van der Waals surface area (Å²) in [6.45, 7) is 3.81. The van der Waals surface area contributed by atoms with E-state index < -0.39 is 0 Å². The molecule has 2 aromatic rings. The molecule has 4 N–H and O–H groups in total. The Bertz CT molecular complexity index is 594. The van der Waals surface area contributed by atoms with Crippen molar-refractivity contribution in [2.75, 3.05) is 5.43 Å². The molecule has 0 saturated carbocycles. The van der Waals surface area contributed by atoms with Crippen molar-refractivity contribution in [1.29, 1.82) is 0 Å². The number of hydrogen-bond acceptors (Lipinski definition) is 6. The quantitative estimate of drug-likeness (QED) is 0.557. The highest BCUT2D eigenvalue weighted by molar-refractivity contribution is 5.99. The lowest BCUT2D eigenvalue weighted by Gasteiger charge is -2.09. The first-order chi connectivity index (χ1) is 9.10. The van der Waals surface area contributed by atoms with Gasteiger partial charge in [-0.05, 0) is 31.5 Å². The number of hydrogen-bond donors (Lipinski definition) is 3. The van der Waals surface area contributed by atoms with Crippen LogP contribution in [0.2, 0.25) is 0 Å². The van der Waals surface area contributed by atoms with Gasteiger partial charge < -0.3 is 15.3 Å². The Morgan fingerprint density at radius 3 is 2.84 bits per heavy atom. The average molecular weight is 261 g/mol. The molecule has 1 aromatic heterocycles. The number of nitrogen functional groups attached to an aromatic ring is 1. The van der Waals surface area contributed by atoms with Gasteiger partial charge in [0.15, 0.2) is 5.82 Å². The van der Waals surface area contributed by atoms with Crippen LogP contribution in [0.25, 0.3) is 0 Å². The Labute approximate surface area is 110 Å². The van der Waals surface area contributed by atoms with E-state index in [2.05, 4.69) is 20.9 Å². The molecule has 1 heterocycles. The van der Waals surface area contributed by atoms with Gasteiger partial charge in [0.2, 0.25) is 5.89 Å². The van der Waals surface area contributed by atoms with Crippen molar-refractivity contribution in [3.05, 3.63) is 41.0 Å². The SMILES string of the molecule is Cc1ccc(C(=O)NCc2nc(C)no2)c(NN)c1. The second kappa shape index (κ2) is 5.49. The normalized spacial score (nSPS) is 10.3. The molecule has 0 aliphatic carbocycles. The standard InChI is InChI=1S/C12H15N5O2/c1-7-3-4-9(10(5-7)16-13)12(18)14-6-11-15-8(2)17-19-11/h3-5,16H,6,13H2,1-2H3,(H,14,18).